The van der Waals surface area contributed by atoms with Crippen molar-refractivity contribution in [1.29, 1.82) is 5.26 Å². The summed E-state index contributed by atoms with van der Waals surface area (Å²) in [4.78, 5) is 35.4. The molecule has 1 rings (SSSR count). The van der Waals surface area contributed by atoms with Gasteiger partial charge in [-0.25, -0.2) is 4.79 Å². The van der Waals surface area contributed by atoms with E-state index in [1.54, 1.807) is 12.1 Å². The summed E-state index contributed by atoms with van der Waals surface area (Å²) in [5.74, 6) is -2.65. The number of benzene rings is 1. The number of carboxylic acid groups (broad SMARTS) is 2. The second-order valence-electron chi connectivity index (χ2n) is 4.11. The highest BCUT2D eigenvalue weighted by Gasteiger charge is 2.24. The van der Waals surface area contributed by atoms with Crippen LogP contribution in [0.15, 0.2) is 24.3 Å². The number of anilines is 1. The zero-order chi connectivity index (χ0) is 16.0. The highest BCUT2D eigenvalue weighted by atomic mass is 16.4. The summed E-state index contributed by atoms with van der Waals surface area (Å²) >= 11 is 0. The van der Waals surface area contributed by atoms with Gasteiger partial charge in [-0.15, -0.1) is 0 Å². The lowest BCUT2D eigenvalue weighted by atomic mass is 10.2. The first kappa shape index (κ1) is 16.0. The molecule has 8 heteroatoms. The summed E-state index contributed by atoms with van der Waals surface area (Å²) in [6.07, 6.45) is 0. The Labute approximate surface area is 120 Å². The van der Waals surface area contributed by atoms with Crippen LogP contribution in [0.2, 0.25) is 0 Å². The molecule has 0 atom stereocenters. The fourth-order valence-corrected chi connectivity index (χ4v) is 1.69. The number of nitrogens with zero attached hydrogens (tertiary/aromatic N) is 3. The van der Waals surface area contributed by atoms with Crippen molar-refractivity contribution in [2.75, 3.05) is 25.0 Å². The minimum absolute atomic E-state index is 0.221. The van der Waals surface area contributed by atoms with Crippen molar-refractivity contribution in [3.63, 3.8) is 0 Å². The number of nitriles is 1. The Bertz CT molecular complexity index is 592. The number of carboxylic acids is 2. The molecule has 0 aliphatic heterocycles. The van der Waals surface area contributed by atoms with Gasteiger partial charge in [0.05, 0.1) is 11.3 Å². The van der Waals surface area contributed by atoms with Gasteiger partial charge in [0.15, 0.2) is 0 Å². The van der Waals surface area contributed by atoms with E-state index in [1.807, 2.05) is 6.07 Å². The highest BCUT2D eigenvalue weighted by Crippen LogP contribution is 2.19. The Morgan fingerprint density at radius 3 is 2.14 bits per heavy atom. The summed E-state index contributed by atoms with van der Waals surface area (Å²) in [6, 6.07) is 7.33. The third kappa shape index (κ3) is 4.21. The van der Waals surface area contributed by atoms with Crippen molar-refractivity contribution < 1.29 is 24.6 Å². The fourth-order valence-electron chi connectivity index (χ4n) is 1.69. The Hall–Kier alpha value is -3.08. The number of urea groups is 1. The Kier molecular flexibility index (Phi) is 5.25. The zero-order valence-electron chi connectivity index (χ0n) is 11.2. The minimum atomic E-state index is -1.33. The maximum Gasteiger partial charge on any atom is 0.325 e. The molecule has 0 spiro atoms. The molecule has 1 aromatic rings. The van der Waals surface area contributed by atoms with Crippen molar-refractivity contribution in [3.05, 3.63) is 29.8 Å². The first-order valence-corrected chi connectivity index (χ1v) is 5.82. The summed E-state index contributed by atoms with van der Waals surface area (Å²) < 4.78 is 0. The van der Waals surface area contributed by atoms with Crippen LogP contribution in [0.3, 0.4) is 0 Å². The molecule has 0 saturated carbocycles. The smallest absolute Gasteiger partial charge is 0.325 e. The van der Waals surface area contributed by atoms with Gasteiger partial charge in [0.1, 0.15) is 19.2 Å². The lowest BCUT2D eigenvalue weighted by molar-refractivity contribution is -0.140. The van der Waals surface area contributed by atoms with Gasteiger partial charge in [0.25, 0.3) is 0 Å². The molecule has 0 bridgehead atoms. The van der Waals surface area contributed by atoms with E-state index in [4.69, 9.17) is 15.5 Å². The third-order valence-electron chi connectivity index (χ3n) is 2.60. The number of para-hydroxylation sites is 1. The van der Waals surface area contributed by atoms with E-state index in [0.717, 1.165) is 4.90 Å². The van der Waals surface area contributed by atoms with E-state index in [9.17, 15) is 14.4 Å². The van der Waals surface area contributed by atoms with Gasteiger partial charge in [-0.3, -0.25) is 14.5 Å². The average Bonchev–Trinajstić information content (AvgIpc) is 2.44. The van der Waals surface area contributed by atoms with Gasteiger partial charge < -0.3 is 15.1 Å². The van der Waals surface area contributed by atoms with Gasteiger partial charge in [-0.1, -0.05) is 12.1 Å². The predicted molar refractivity (Wildman–Crippen MR) is 71.8 cm³/mol. The largest absolute Gasteiger partial charge is 0.480 e. The van der Waals surface area contributed by atoms with Gasteiger partial charge in [-0.2, -0.15) is 5.26 Å². The first-order chi connectivity index (χ1) is 9.86. The summed E-state index contributed by atoms with van der Waals surface area (Å²) in [5, 5.41) is 26.5. The van der Waals surface area contributed by atoms with Gasteiger partial charge >= 0.3 is 18.0 Å². The normalized spacial score (nSPS) is 9.52. The van der Waals surface area contributed by atoms with Crippen LogP contribution in [0.1, 0.15) is 5.56 Å². The topological polar surface area (TPSA) is 122 Å². The molecule has 0 radical (unpaired) electrons. The monoisotopic (exact) mass is 291 g/mol. The maximum absolute atomic E-state index is 12.2. The molecular weight excluding hydrogens is 278 g/mol. The van der Waals surface area contributed by atoms with Gasteiger partial charge in [-0.05, 0) is 12.1 Å². The van der Waals surface area contributed by atoms with Crippen molar-refractivity contribution in [3.8, 4) is 6.07 Å². The summed E-state index contributed by atoms with van der Waals surface area (Å²) in [7, 11) is 1.34. The molecule has 0 unspecified atom stereocenters. The predicted octanol–water partition coefficient (Wildman–Crippen LogP) is 0.586. The molecule has 0 saturated heterocycles. The first-order valence-electron chi connectivity index (χ1n) is 5.82. The van der Waals surface area contributed by atoms with Crippen molar-refractivity contribution in [1.82, 2.24) is 4.90 Å². The molecule has 0 heterocycles. The van der Waals surface area contributed by atoms with Crippen LogP contribution < -0.4 is 4.90 Å². The van der Waals surface area contributed by atoms with E-state index in [1.165, 1.54) is 19.2 Å². The maximum atomic E-state index is 12.2. The van der Waals surface area contributed by atoms with Crippen LogP contribution in [0, 0.1) is 11.3 Å². The van der Waals surface area contributed by atoms with Crippen LogP contribution >= 0.6 is 0 Å². The van der Waals surface area contributed by atoms with Crippen molar-refractivity contribution in [2.24, 2.45) is 0 Å². The summed E-state index contributed by atoms with van der Waals surface area (Å²) in [6.45, 7) is -1.49. The SMILES string of the molecule is CN(C(=O)N(CC(=O)O)CC(=O)O)c1ccccc1C#N. The van der Waals surface area contributed by atoms with E-state index in [2.05, 4.69) is 0 Å². The lowest BCUT2D eigenvalue weighted by Gasteiger charge is -2.26. The number of carbonyl (C=O) groups excluding carboxylic acids is 1. The number of hydrogen-bond donors (Lipinski definition) is 2. The Morgan fingerprint density at radius 2 is 1.67 bits per heavy atom. The van der Waals surface area contributed by atoms with E-state index < -0.39 is 31.1 Å². The van der Waals surface area contributed by atoms with Gasteiger partial charge in [0, 0.05) is 7.05 Å². The van der Waals surface area contributed by atoms with Crippen LogP contribution in [0.25, 0.3) is 0 Å². The number of aliphatic carboxylic acids is 2. The number of rotatable bonds is 5. The Morgan fingerprint density at radius 1 is 1.14 bits per heavy atom. The molecule has 2 N–H and O–H groups in total. The third-order valence-corrected chi connectivity index (χ3v) is 2.60. The van der Waals surface area contributed by atoms with Crippen molar-refractivity contribution >= 4 is 23.7 Å². The van der Waals surface area contributed by atoms with E-state index in [0.29, 0.717) is 4.90 Å². The molecule has 1 aromatic carbocycles. The molecule has 21 heavy (non-hydrogen) atoms. The van der Waals surface area contributed by atoms with Crippen LogP contribution in [-0.2, 0) is 9.59 Å². The number of hydrogen-bond acceptors (Lipinski definition) is 4. The molecule has 0 aliphatic rings. The van der Waals surface area contributed by atoms with E-state index in [-0.39, 0.29) is 11.3 Å². The van der Waals surface area contributed by atoms with E-state index >= 15 is 0 Å². The second-order valence-corrected chi connectivity index (χ2v) is 4.11. The molecule has 110 valence electrons. The van der Waals surface area contributed by atoms with Crippen LogP contribution in [0.5, 0.6) is 0 Å². The Balaban J connectivity index is 3.05. The van der Waals surface area contributed by atoms with Crippen LogP contribution in [-0.4, -0.2) is 53.2 Å². The molecule has 2 amide bonds. The fraction of sp³-hybridized carbons (Fsp3) is 0.231. The van der Waals surface area contributed by atoms with Crippen LogP contribution in [0.4, 0.5) is 10.5 Å². The zero-order valence-corrected chi connectivity index (χ0v) is 11.2. The molecule has 0 fully saturated rings. The lowest BCUT2D eigenvalue weighted by Crippen LogP contribution is -2.46. The number of amides is 2. The molecule has 8 nitrogen and oxygen atoms in total. The highest BCUT2D eigenvalue weighted by molar-refractivity contribution is 5.96. The quantitative estimate of drug-likeness (QED) is 0.818. The standard InChI is InChI=1S/C13H13N3O5/c1-15(10-5-3-2-4-9(10)6-14)13(21)16(7-11(17)18)8-12(19)20/h2-5H,7-8H2,1H3,(H,17,18)(H,19,20). The molecular formula is C13H13N3O5. The second kappa shape index (κ2) is 6.91. The van der Waals surface area contributed by atoms with Crippen molar-refractivity contribution in [2.45, 2.75) is 0 Å². The average molecular weight is 291 g/mol. The number of carbonyl (C=O) groups is 3. The molecule has 0 aromatic heterocycles. The summed E-state index contributed by atoms with van der Waals surface area (Å²) in [5.41, 5.74) is 0.490. The minimum Gasteiger partial charge on any atom is -0.480 e. The van der Waals surface area contributed by atoms with Gasteiger partial charge in [0.2, 0.25) is 0 Å². The molecule has 0 aliphatic carbocycles.